The molecule has 1 atom stereocenters. The van der Waals surface area contributed by atoms with Crippen LogP contribution in [-0.2, 0) is 10.0 Å². The van der Waals surface area contributed by atoms with Crippen LogP contribution in [0.25, 0.3) is 11.1 Å². The SMILES string of the molecule is COc1ccc(-c2cccc(C(=O)N(C)C)c2)cc1S(=O)(=O)Nc1cccc(O[C@H]2CCN(C(=O)c3c(C)cccc3C)C2)c1. The lowest BCUT2D eigenvalue weighted by molar-refractivity contribution is 0.0770. The summed E-state index contributed by atoms with van der Waals surface area (Å²) in [6.45, 7) is 4.89. The molecule has 45 heavy (non-hydrogen) atoms. The molecule has 0 bridgehead atoms. The minimum Gasteiger partial charge on any atom is -0.495 e. The summed E-state index contributed by atoms with van der Waals surface area (Å²) in [6, 6.07) is 24.5. The van der Waals surface area contributed by atoms with E-state index in [1.807, 2.05) is 38.1 Å². The van der Waals surface area contributed by atoms with Crippen LogP contribution in [0.3, 0.4) is 0 Å². The maximum absolute atomic E-state index is 13.7. The van der Waals surface area contributed by atoms with Gasteiger partial charge in [0.05, 0.1) is 19.3 Å². The molecule has 1 heterocycles. The van der Waals surface area contributed by atoms with Crippen molar-refractivity contribution in [3.8, 4) is 22.6 Å². The second-order valence-electron chi connectivity index (χ2n) is 11.3. The van der Waals surface area contributed by atoms with E-state index >= 15 is 0 Å². The molecule has 1 N–H and O–H groups in total. The van der Waals surface area contributed by atoms with Crippen molar-refractivity contribution >= 4 is 27.5 Å². The van der Waals surface area contributed by atoms with E-state index in [2.05, 4.69) is 4.72 Å². The van der Waals surface area contributed by atoms with Crippen LogP contribution in [0.4, 0.5) is 5.69 Å². The third kappa shape index (κ3) is 6.96. The van der Waals surface area contributed by atoms with Crippen LogP contribution < -0.4 is 14.2 Å². The number of aryl methyl sites for hydroxylation is 2. The Hall–Kier alpha value is -4.83. The van der Waals surface area contributed by atoms with E-state index in [-0.39, 0.29) is 28.6 Å². The van der Waals surface area contributed by atoms with Crippen LogP contribution in [-0.4, -0.2) is 70.4 Å². The van der Waals surface area contributed by atoms with Crippen molar-refractivity contribution in [1.82, 2.24) is 9.80 Å². The Bertz CT molecular complexity index is 1830. The van der Waals surface area contributed by atoms with E-state index in [9.17, 15) is 18.0 Å². The summed E-state index contributed by atoms with van der Waals surface area (Å²) in [6.07, 6.45) is 0.440. The third-order valence-corrected chi connectivity index (χ3v) is 9.22. The minimum absolute atomic E-state index is 0.00888. The van der Waals surface area contributed by atoms with Gasteiger partial charge in [0.1, 0.15) is 22.5 Å². The molecule has 0 aliphatic carbocycles. The van der Waals surface area contributed by atoms with Crippen molar-refractivity contribution < 1.29 is 27.5 Å². The largest absolute Gasteiger partial charge is 0.495 e. The van der Waals surface area contributed by atoms with E-state index in [0.717, 1.165) is 16.7 Å². The number of ether oxygens (including phenoxy) is 2. The third-order valence-electron chi connectivity index (χ3n) is 7.82. The second kappa shape index (κ2) is 13.0. The highest BCUT2D eigenvalue weighted by Gasteiger charge is 2.30. The van der Waals surface area contributed by atoms with Gasteiger partial charge in [-0.05, 0) is 72.5 Å². The van der Waals surface area contributed by atoms with Gasteiger partial charge in [-0.15, -0.1) is 0 Å². The molecule has 1 fully saturated rings. The first-order valence-corrected chi connectivity index (χ1v) is 16.1. The molecule has 1 aliphatic rings. The number of hydrogen-bond donors (Lipinski definition) is 1. The van der Waals surface area contributed by atoms with E-state index in [4.69, 9.17) is 9.47 Å². The fraction of sp³-hybridized carbons (Fsp3) is 0.257. The number of rotatable bonds is 9. The molecule has 4 aromatic carbocycles. The van der Waals surface area contributed by atoms with Crippen molar-refractivity contribution in [2.24, 2.45) is 0 Å². The van der Waals surface area contributed by atoms with E-state index < -0.39 is 10.0 Å². The number of anilines is 1. The van der Waals surface area contributed by atoms with Gasteiger partial charge in [-0.3, -0.25) is 14.3 Å². The Morgan fingerprint density at radius 3 is 2.29 bits per heavy atom. The smallest absolute Gasteiger partial charge is 0.265 e. The number of amides is 2. The summed E-state index contributed by atoms with van der Waals surface area (Å²) in [4.78, 5) is 29.0. The van der Waals surface area contributed by atoms with Gasteiger partial charge in [-0.1, -0.05) is 42.5 Å². The lowest BCUT2D eigenvalue weighted by Gasteiger charge is -2.20. The highest BCUT2D eigenvalue weighted by molar-refractivity contribution is 7.92. The molecular formula is C35H37N3O6S. The Morgan fingerprint density at radius 1 is 0.889 bits per heavy atom. The number of carbonyl (C=O) groups excluding carboxylic acids is 2. The summed E-state index contributed by atoms with van der Waals surface area (Å²) in [5.41, 5.74) is 4.73. The Morgan fingerprint density at radius 2 is 1.58 bits per heavy atom. The van der Waals surface area contributed by atoms with Crippen LogP contribution in [0.1, 0.15) is 38.3 Å². The predicted octanol–water partition coefficient (Wildman–Crippen LogP) is 5.78. The Balaban J connectivity index is 1.32. The number of benzene rings is 4. The van der Waals surface area contributed by atoms with Crippen LogP contribution >= 0.6 is 0 Å². The van der Waals surface area contributed by atoms with Gasteiger partial charge in [0.2, 0.25) is 0 Å². The molecule has 234 valence electrons. The topological polar surface area (TPSA) is 105 Å². The van der Waals surface area contributed by atoms with Crippen molar-refractivity contribution in [3.05, 3.63) is 107 Å². The molecule has 10 heteroatoms. The highest BCUT2D eigenvalue weighted by atomic mass is 32.2. The molecular weight excluding hydrogens is 590 g/mol. The van der Waals surface area contributed by atoms with Gasteiger partial charge in [0.25, 0.3) is 21.8 Å². The minimum atomic E-state index is -4.09. The monoisotopic (exact) mass is 627 g/mol. The zero-order valence-electron chi connectivity index (χ0n) is 26.0. The summed E-state index contributed by atoms with van der Waals surface area (Å²) >= 11 is 0. The maximum Gasteiger partial charge on any atom is 0.265 e. The van der Waals surface area contributed by atoms with Gasteiger partial charge in [0, 0.05) is 44.3 Å². The summed E-state index contributed by atoms with van der Waals surface area (Å²) in [7, 11) is 0.676. The van der Waals surface area contributed by atoms with Crippen molar-refractivity contribution in [2.45, 2.75) is 31.3 Å². The Kier molecular flexibility index (Phi) is 9.15. The van der Waals surface area contributed by atoms with Gasteiger partial charge in [-0.25, -0.2) is 8.42 Å². The molecule has 1 aliphatic heterocycles. The average Bonchev–Trinajstić information content (AvgIpc) is 3.48. The van der Waals surface area contributed by atoms with Crippen molar-refractivity contribution in [3.63, 3.8) is 0 Å². The number of hydrogen-bond acceptors (Lipinski definition) is 6. The lowest BCUT2D eigenvalue weighted by Crippen LogP contribution is -2.31. The molecule has 0 saturated carbocycles. The highest BCUT2D eigenvalue weighted by Crippen LogP contribution is 2.32. The number of carbonyl (C=O) groups is 2. The normalized spacial score (nSPS) is 14.6. The first kappa shape index (κ1) is 31.6. The van der Waals surface area contributed by atoms with Gasteiger partial charge in [-0.2, -0.15) is 0 Å². The number of nitrogens with zero attached hydrogens (tertiary/aromatic N) is 2. The molecule has 9 nitrogen and oxygen atoms in total. The summed E-state index contributed by atoms with van der Waals surface area (Å²) in [5, 5.41) is 0. The van der Waals surface area contributed by atoms with E-state index in [1.54, 1.807) is 73.6 Å². The molecule has 2 amide bonds. The zero-order valence-corrected chi connectivity index (χ0v) is 26.9. The molecule has 1 saturated heterocycles. The van der Waals surface area contributed by atoms with Crippen LogP contribution in [0.15, 0.2) is 89.8 Å². The zero-order chi connectivity index (χ0) is 32.3. The number of nitrogens with one attached hydrogen (secondary N) is 1. The molecule has 0 aromatic heterocycles. The van der Waals surface area contributed by atoms with Crippen molar-refractivity contribution in [1.29, 1.82) is 0 Å². The van der Waals surface area contributed by atoms with Crippen LogP contribution in [0, 0.1) is 13.8 Å². The molecule has 0 unspecified atom stereocenters. The average molecular weight is 628 g/mol. The van der Waals surface area contributed by atoms with Gasteiger partial charge in [0.15, 0.2) is 0 Å². The summed E-state index contributed by atoms with van der Waals surface area (Å²) < 4.78 is 41.6. The molecule has 0 spiro atoms. The van der Waals surface area contributed by atoms with Crippen LogP contribution in [0.5, 0.6) is 11.5 Å². The standard InChI is InChI=1S/C35H37N3O6S/c1-23-9-6-10-24(2)33(23)35(40)38-18-17-30(22-38)44-29-14-8-13-28(21-29)36-45(41,42)32-20-26(15-16-31(32)43-5)25-11-7-12-27(19-25)34(39)37(3)4/h6-16,19-21,30,36H,17-18,22H2,1-5H3/t30-/m0/s1. The lowest BCUT2D eigenvalue weighted by atomic mass is 10.0. The van der Waals surface area contributed by atoms with Gasteiger partial charge >= 0.3 is 0 Å². The fourth-order valence-corrected chi connectivity index (χ4v) is 6.76. The van der Waals surface area contributed by atoms with Crippen LogP contribution in [0.2, 0.25) is 0 Å². The quantitative estimate of drug-likeness (QED) is 0.253. The molecule has 5 rings (SSSR count). The summed E-state index contributed by atoms with van der Waals surface area (Å²) in [5.74, 6) is 0.508. The maximum atomic E-state index is 13.7. The first-order chi connectivity index (χ1) is 21.5. The number of sulfonamides is 1. The number of likely N-dealkylation sites (tertiary alicyclic amines) is 1. The van der Waals surface area contributed by atoms with Gasteiger partial charge < -0.3 is 19.3 Å². The predicted molar refractivity (Wildman–Crippen MR) is 175 cm³/mol. The first-order valence-electron chi connectivity index (χ1n) is 14.6. The van der Waals surface area contributed by atoms with Crippen molar-refractivity contribution in [2.75, 3.05) is 39.0 Å². The number of methoxy groups -OCH3 is 1. The fourth-order valence-electron chi connectivity index (χ4n) is 5.51. The molecule has 0 radical (unpaired) electrons. The van der Waals surface area contributed by atoms with E-state index in [1.165, 1.54) is 18.1 Å². The van der Waals surface area contributed by atoms with E-state index in [0.29, 0.717) is 47.6 Å². The Labute approximate surface area is 264 Å². The second-order valence-corrected chi connectivity index (χ2v) is 13.0. The molecule has 4 aromatic rings.